The Balaban J connectivity index is 0.00000324. The van der Waals surface area contributed by atoms with Gasteiger partial charge in [-0.3, -0.25) is 0 Å². The summed E-state index contributed by atoms with van der Waals surface area (Å²) in [6.45, 7) is 1.73. The molecule has 0 aromatic heterocycles. The predicted molar refractivity (Wildman–Crippen MR) is 76.4 cm³/mol. The highest BCUT2D eigenvalue weighted by Crippen LogP contribution is 2.29. The molecule has 1 aromatic carbocycles. The minimum atomic E-state index is -1.88. The maximum absolute atomic E-state index is 13.7. The molecule has 7 heteroatoms. The maximum Gasteiger partial charge on any atom is 0.342 e. The maximum atomic E-state index is 13.7. The van der Waals surface area contributed by atoms with Crippen LogP contribution in [0.25, 0.3) is 0 Å². The largest absolute Gasteiger partial charge is 0.496 e. The highest BCUT2D eigenvalue weighted by Gasteiger charge is 2.28. The van der Waals surface area contributed by atoms with Gasteiger partial charge >= 0.3 is 5.97 Å². The van der Waals surface area contributed by atoms with Crippen LogP contribution in [0.3, 0.4) is 0 Å². The zero-order valence-corrected chi connectivity index (χ0v) is 13.0. The lowest BCUT2D eigenvalue weighted by Crippen LogP contribution is -2.31. The first-order valence-electron chi connectivity index (χ1n) is 5.41. The van der Waals surface area contributed by atoms with E-state index in [-0.39, 0.29) is 19.0 Å². The van der Waals surface area contributed by atoms with Crippen LogP contribution < -0.4 is 10.5 Å². The zero-order valence-electron chi connectivity index (χ0n) is 10.6. The Morgan fingerprint density at radius 2 is 2.16 bits per heavy atom. The first-order valence-corrected chi connectivity index (χ1v) is 6.20. The molecule has 1 rings (SSSR count). The van der Waals surface area contributed by atoms with Gasteiger partial charge in [-0.25, -0.2) is 9.18 Å². The lowest BCUT2D eigenvalue weighted by atomic mass is 10.0. The fourth-order valence-corrected chi connectivity index (χ4v) is 1.99. The number of methoxy groups -OCH3 is 1. The Labute approximate surface area is 126 Å². The van der Waals surface area contributed by atoms with E-state index in [9.17, 15) is 9.18 Å². The summed E-state index contributed by atoms with van der Waals surface area (Å²) in [4.78, 5) is 11.3. The van der Waals surface area contributed by atoms with Crippen LogP contribution in [-0.2, 0) is 9.53 Å². The molecule has 0 spiro atoms. The number of ether oxygens (including phenoxy) is 2. The summed E-state index contributed by atoms with van der Waals surface area (Å²) in [6, 6.07) is 3.82. The van der Waals surface area contributed by atoms with Gasteiger partial charge in [0.15, 0.2) is 0 Å². The van der Waals surface area contributed by atoms with E-state index >= 15 is 0 Å². The fraction of sp³-hybridized carbons (Fsp3) is 0.417. The monoisotopic (exact) mass is 355 g/mol. The minimum absolute atomic E-state index is 0. The van der Waals surface area contributed by atoms with Crippen LogP contribution in [0.15, 0.2) is 22.7 Å². The van der Waals surface area contributed by atoms with Crippen LogP contribution in [0.1, 0.15) is 18.5 Å². The molecule has 0 aliphatic heterocycles. The van der Waals surface area contributed by atoms with Crippen molar-refractivity contribution in [2.75, 3.05) is 13.7 Å². The number of benzene rings is 1. The Hall–Kier alpha value is -0.850. The molecule has 0 fully saturated rings. The van der Waals surface area contributed by atoms with Gasteiger partial charge < -0.3 is 15.2 Å². The number of rotatable bonds is 5. The van der Waals surface area contributed by atoms with Gasteiger partial charge in [-0.1, -0.05) is 6.07 Å². The van der Waals surface area contributed by atoms with Crippen molar-refractivity contribution in [1.29, 1.82) is 0 Å². The molecule has 0 heterocycles. The fourth-order valence-electron chi connectivity index (χ4n) is 1.43. The van der Waals surface area contributed by atoms with E-state index in [1.807, 2.05) is 0 Å². The molecule has 108 valence electrons. The summed E-state index contributed by atoms with van der Waals surface area (Å²) in [5.41, 5.74) is 6.18. The third-order valence-corrected chi connectivity index (χ3v) is 3.01. The number of esters is 1. The molecule has 0 aliphatic carbocycles. The first kappa shape index (κ1) is 18.1. The van der Waals surface area contributed by atoms with Crippen molar-refractivity contribution in [2.45, 2.75) is 19.1 Å². The number of hydrogen-bond acceptors (Lipinski definition) is 4. The lowest BCUT2D eigenvalue weighted by molar-refractivity contribution is -0.149. The van der Waals surface area contributed by atoms with Crippen LogP contribution in [0.4, 0.5) is 4.39 Å². The van der Waals surface area contributed by atoms with Gasteiger partial charge in [-0.15, -0.1) is 12.4 Å². The third-order valence-electron chi connectivity index (χ3n) is 2.39. The van der Waals surface area contributed by atoms with Crippen molar-refractivity contribution >= 4 is 34.3 Å². The molecule has 0 saturated carbocycles. The predicted octanol–water partition coefficient (Wildman–Crippen LogP) is 2.78. The van der Waals surface area contributed by atoms with Gasteiger partial charge in [-0.05, 0) is 40.5 Å². The smallest absolute Gasteiger partial charge is 0.342 e. The molecule has 0 aliphatic rings. The van der Waals surface area contributed by atoms with Gasteiger partial charge in [0.05, 0.1) is 24.2 Å². The highest BCUT2D eigenvalue weighted by molar-refractivity contribution is 9.10. The summed E-state index contributed by atoms with van der Waals surface area (Å²) in [7, 11) is 1.52. The standard InChI is InChI=1S/C12H15BrFNO3.ClH/c1-3-18-12(16)10(14)11(15)7-4-5-9(17-2)8(13)6-7;/h4-6,10-11H,3,15H2,1-2H3;1H/t10?,11-;/m0./s1. The topological polar surface area (TPSA) is 61.5 Å². The molecule has 0 saturated heterocycles. The summed E-state index contributed by atoms with van der Waals surface area (Å²) in [5, 5.41) is 0. The summed E-state index contributed by atoms with van der Waals surface area (Å²) < 4.78 is 24.0. The summed E-state index contributed by atoms with van der Waals surface area (Å²) in [5.74, 6) is -0.338. The number of halogens is 3. The highest BCUT2D eigenvalue weighted by atomic mass is 79.9. The van der Waals surface area contributed by atoms with E-state index in [0.717, 1.165) is 0 Å². The van der Waals surface area contributed by atoms with E-state index in [4.69, 9.17) is 10.5 Å². The van der Waals surface area contributed by atoms with Crippen LogP contribution in [0, 0.1) is 0 Å². The van der Waals surface area contributed by atoms with Crippen molar-refractivity contribution in [1.82, 2.24) is 0 Å². The van der Waals surface area contributed by atoms with Crippen molar-refractivity contribution in [3.8, 4) is 5.75 Å². The van der Waals surface area contributed by atoms with Crippen molar-refractivity contribution < 1.29 is 18.7 Å². The Bertz CT molecular complexity index is 433. The molecule has 1 aromatic rings. The Kier molecular flexibility index (Phi) is 7.97. The molecule has 0 amide bonds. The van der Waals surface area contributed by atoms with Crippen LogP contribution in [0.5, 0.6) is 5.75 Å². The molecule has 2 N–H and O–H groups in total. The molecule has 19 heavy (non-hydrogen) atoms. The number of carbonyl (C=O) groups excluding carboxylic acids is 1. The lowest BCUT2D eigenvalue weighted by Gasteiger charge is -2.16. The third kappa shape index (κ3) is 4.63. The van der Waals surface area contributed by atoms with Crippen LogP contribution in [0.2, 0.25) is 0 Å². The molecule has 2 atom stereocenters. The van der Waals surface area contributed by atoms with Gasteiger partial charge in [-0.2, -0.15) is 0 Å². The van der Waals surface area contributed by atoms with Crippen LogP contribution in [-0.4, -0.2) is 25.9 Å². The molecule has 0 bridgehead atoms. The quantitative estimate of drug-likeness (QED) is 0.824. The molecule has 1 unspecified atom stereocenters. The van der Waals surface area contributed by atoms with E-state index in [1.54, 1.807) is 25.1 Å². The van der Waals surface area contributed by atoms with E-state index in [0.29, 0.717) is 15.8 Å². The second kappa shape index (κ2) is 8.35. The van der Waals surface area contributed by atoms with E-state index < -0.39 is 18.2 Å². The zero-order chi connectivity index (χ0) is 13.7. The number of carbonyl (C=O) groups is 1. The second-order valence-electron chi connectivity index (χ2n) is 3.57. The second-order valence-corrected chi connectivity index (χ2v) is 4.43. The number of hydrogen-bond donors (Lipinski definition) is 1. The Morgan fingerprint density at radius 3 is 2.63 bits per heavy atom. The van der Waals surface area contributed by atoms with Crippen molar-refractivity contribution in [2.24, 2.45) is 5.73 Å². The van der Waals surface area contributed by atoms with Crippen molar-refractivity contribution in [3.63, 3.8) is 0 Å². The molecule has 4 nitrogen and oxygen atoms in total. The summed E-state index contributed by atoms with van der Waals surface area (Å²) >= 11 is 3.27. The average molecular weight is 357 g/mol. The van der Waals surface area contributed by atoms with Gasteiger partial charge in [0.1, 0.15) is 5.75 Å². The molecule has 0 radical (unpaired) electrons. The minimum Gasteiger partial charge on any atom is -0.496 e. The first-order chi connectivity index (χ1) is 8.51. The molecular formula is C12H16BrClFNO3. The Morgan fingerprint density at radius 1 is 1.53 bits per heavy atom. The van der Waals surface area contributed by atoms with Gasteiger partial charge in [0.25, 0.3) is 0 Å². The number of alkyl halides is 1. The van der Waals surface area contributed by atoms with E-state index in [2.05, 4.69) is 20.7 Å². The van der Waals surface area contributed by atoms with Crippen molar-refractivity contribution in [3.05, 3.63) is 28.2 Å². The van der Waals surface area contributed by atoms with Crippen LogP contribution >= 0.6 is 28.3 Å². The summed E-state index contributed by atoms with van der Waals surface area (Å²) in [6.07, 6.45) is -1.88. The molecular weight excluding hydrogens is 340 g/mol. The number of nitrogens with two attached hydrogens (primary N) is 1. The SMILES string of the molecule is CCOC(=O)C(F)[C@@H](N)c1ccc(OC)c(Br)c1.Cl. The van der Waals surface area contributed by atoms with E-state index in [1.165, 1.54) is 7.11 Å². The van der Waals surface area contributed by atoms with Gasteiger partial charge in [0, 0.05) is 0 Å². The van der Waals surface area contributed by atoms with Gasteiger partial charge in [0.2, 0.25) is 6.17 Å². The normalized spacial score (nSPS) is 13.1. The average Bonchev–Trinajstić information content (AvgIpc) is 2.37.